The number of hydrogen-bond acceptors (Lipinski definition) is 6. The van der Waals surface area contributed by atoms with E-state index in [0.29, 0.717) is 27.0 Å². The first-order valence-electron chi connectivity index (χ1n) is 8.83. The van der Waals surface area contributed by atoms with Crippen molar-refractivity contribution in [2.45, 2.75) is 11.8 Å². The zero-order valence-electron chi connectivity index (χ0n) is 16.5. The fourth-order valence-corrected chi connectivity index (χ4v) is 5.08. The third kappa shape index (κ3) is 4.63. The van der Waals surface area contributed by atoms with Crippen molar-refractivity contribution in [1.29, 1.82) is 0 Å². The minimum atomic E-state index is -3.99. The Morgan fingerprint density at radius 1 is 1.10 bits per heavy atom. The summed E-state index contributed by atoms with van der Waals surface area (Å²) in [6, 6.07) is 10.9. The molecular weight excluding hydrogens is 448 g/mol. The summed E-state index contributed by atoms with van der Waals surface area (Å²) in [5, 5.41) is 0.520. The maximum Gasteiger partial charge on any atom is 0.284 e. The Morgan fingerprint density at radius 2 is 1.77 bits per heavy atom. The molecule has 1 fully saturated rings. The average Bonchev–Trinajstić information content (AvgIpc) is 3.01. The topological polar surface area (TPSA) is 85.3 Å². The van der Waals surface area contributed by atoms with E-state index in [-0.39, 0.29) is 22.5 Å². The van der Waals surface area contributed by atoms with Crippen LogP contribution in [-0.4, -0.2) is 45.2 Å². The van der Waals surface area contributed by atoms with Crippen LogP contribution in [0.2, 0.25) is 5.02 Å². The summed E-state index contributed by atoms with van der Waals surface area (Å²) in [6.45, 7) is 2.03. The van der Waals surface area contributed by atoms with E-state index >= 15 is 0 Å². The monoisotopic (exact) mass is 466 g/mol. The zero-order valence-corrected chi connectivity index (χ0v) is 18.8. The highest BCUT2D eigenvalue weighted by Crippen LogP contribution is 2.35. The normalized spacial score (nSPS) is 17.1. The first-order chi connectivity index (χ1) is 14.3. The SMILES string of the molecule is CCN1C(=O)/C(=C/c2ccc(OC)c(OC)c2)SC1=NS(=O)(=O)c1ccc(Cl)cc1. The number of carbonyl (C=O) groups is 1. The molecule has 1 heterocycles. The Labute approximate surface area is 184 Å². The van der Waals surface area contributed by atoms with Gasteiger partial charge in [-0.05, 0) is 66.7 Å². The fourth-order valence-electron chi connectivity index (χ4n) is 2.71. The van der Waals surface area contributed by atoms with Gasteiger partial charge < -0.3 is 9.47 Å². The number of hydrogen-bond donors (Lipinski definition) is 0. The summed E-state index contributed by atoms with van der Waals surface area (Å²) < 4.78 is 39.7. The second-order valence-corrected chi connectivity index (χ2v) is 9.13. The van der Waals surface area contributed by atoms with E-state index in [1.807, 2.05) is 0 Å². The van der Waals surface area contributed by atoms with E-state index in [2.05, 4.69) is 4.40 Å². The number of sulfonamides is 1. The van der Waals surface area contributed by atoms with Gasteiger partial charge in [0.25, 0.3) is 15.9 Å². The summed E-state index contributed by atoms with van der Waals surface area (Å²) in [5.41, 5.74) is 0.710. The van der Waals surface area contributed by atoms with Crippen LogP contribution < -0.4 is 9.47 Å². The summed E-state index contributed by atoms with van der Waals surface area (Å²) in [7, 11) is -0.932. The molecule has 1 saturated heterocycles. The van der Waals surface area contributed by atoms with Gasteiger partial charge in [0, 0.05) is 11.6 Å². The zero-order chi connectivity index (χ0) is 21.9. The highest BCUT2D eigenvalue weighted by atomic mass is 35.5. The van der Waals surface area contributed by atoms with Crippen LogP contribution in [0.15, 0.2) is 56.7 Å². The van der Waals surface area contributed by atoms with Gasteiger partial charge in [0.05, 0.1) is 24.0 Å². The van der Waals surface area contributed by atoms with Crippen molar-refractivity contribution in [2.75, 3.05) is 20.8 Å². The molecule has 0 aromatic heterocycles. The van der Waals surface area contributed by atoms with Crippen molar-refractivity contribution in [3.05, 3.63) is 58.0 Å². The van der Waals surface area contributed by atoms with Gasteiger partial charge in [0.15, 0.2) is 16.7 Å². The van der Waals surface area contributed by atoms with E-state index in [9.17, 15) is 13.2 Å². The summed E-state index contributed by atoms with van der Waals surface area (Å²) in [5.74, 6) is 0.771. The lowest BCUT2D eigenvalue weighted by molar-refractivity contribution is -0.122. The van der Waals surface area contributed by atoms with E-state index in [0.717, 1.165) is 11.8 Å². The molecule has 0 bridgehead atoms. The quantitative estimate of drug-likeness (QED) is 0.597. The highest BCUT2D eigenvalue weighted by Gasteiger charge is 2.34. The number of likely N-dealkylation sites (N-methyl/N-ethyl adjacent to an activating group) is 1. The van der Waals surface area contributed by atoms with Gasteiger partial charge in [-0.2, -0.15) is 8.42 Å². The molecule has 3 rings (SSSR count). The van der Waals surface area contributed by atoms with Crippen LogP contribution in [0.1, 0.15) is 12.5 Å². The van der Waals surface area contributed by atoms with Gasteiger partial charge in [-0.15, -0.1) is 4.40 Å². The molecule has 0 N–H and O–H groups in total. The third-order valence-corrected chi connectivity index (χ3v) is 6.87. The lowest BCUT2D eigenvalue weighted by Gasteiger charge is -2.12. The highest BCUT2D eigenvalue weighted by molar-refractivity contribution is 8.19. The van der Waals surface area contributed by atoms with E-state index in [1.54, 1.807) is 31.2 Å². The molecule has 7 nitrogen and oxygen atoms in total. The Balaban J connectivity index is 1.96. The van der Waals surface area contributed by atoms with Gasteiger partial charge >= 0.3 is 0 Å². The minimum Gasteiger partial charge on any atom is -0.493 e. The van der Waals surface area contributed by atoms with Gasteiger partial charge in [0.1, 0.15) is 0 Å². The summed E-state index contributed by atoms with van der Waals surface area (Å²) in [6.07, 6.45) is 1.66. The molecule has 0 saturated carbocycles. The number of nitrogens with zero attached hydrogens (tertiary/aromatic N) is 2. The number of carbonyl (C=O) groups excluding carboxylic acids is 1. The molecular formula is C20H19ClN2O5S2. The first-order valence-corrected chi connectivity index (χ1v) is 11.5. The Kier molecular flexibility index (Phi) is 6.74. The number of halogens is 1. The average molecular weight is 467 g/mol. The second-order valence-electron chi connectivity index (χ2n) is 6.08. The van der Waals surface area contributed by atoms with Crippen molar-refractivity contribution < 1.29 is 22.7 Å². The Hall–Kier alpha value is -2.49. The number of benzene rings is 2. The van der Waals surface area contributed by atoms with Gasteiger partial charge in [0.2, 0.25) is 0 Å². The molecule has 0 radical (unpaired) electrons. The van der Waals surface area contributed by atoms with Gasteiger partial charge in [-0.25, -0.2) is 0 Å². The summed E-state index contributed by atoms with van der Waals surface area (Å²) in [4.78, 5) is 14.5. The van der Waals surface area contributed by atoms with Crippen LogP contribution in [0.5, 0.6) is 11.5 Å². The van der Waals surface area contributed by atoms with Crippen LogP contribution in [0, 0.1) is 0 Å². The van der Waals surface area contributed by atoms with Crippen molar-refractivity contribution in [1.82, 2.24) is 4.90 Å². The Morgan fingerprint density at radius 3 is 2.37 bits per heavy atom. The lowest BCUT2D eigenvalue weighted by Crippen LogP contribution is -2.29. The number of amidine groups is 1. The number of amides is 1. The molecule has 0 spiro atoms. The summed E-state index contributed by atoms with van der Waals surface area (Å²) >= 11 is 6.83. The molecule has 2 aromatic carbocycles. The lowest BCUT2D eigenvalue weighted by atomic mass is 10.2. The molecule has 158 valence electrons. The first kappa shape index (κ1) is 22.2. The van der Waals surface area contributed by atoms with Crippen LogP contribution in [-0.2, 0) is 14.8 Å². The standard InChI is InChI=1S/C20H19ClN2O5S2/c1-4-23-19(24)18(12-13-5-10-16(27-2)17(11-13)28-3)29-20(23)22-30(25,26)15-8-6-14(21)7-9-15/h5-12H,4H2,1-3H3/b18-12-,22-20?. The number of ether oxygens (including phenoxy) is 2. The van der Waals surface area contributed by atoms with Crippen molar-refractivity contribution >= 4 is 50.5 Å². The van der Waals surface area contributed by atoms with Gasteiger partial charge in [-0.3, -0.25) is 9.69 Å². The van der Waals surface area contributed by atoms with Crippen molar-refractivity contribution in [2.24, 2.45) is 4.40 Å². The number of rotatable bonds is 6. The molecule has 0 atom stereocenters. The molecule has 30 heavy (non-hydrogen) atoms. The number of thioether (sulfide) groups is 1. The Bertz CT molecular complexity index is 1130. The maximum atomic E-state index is 12.8. The van der Waals surface area contributed by atoms with E-state index in [4.69, 9.17) is 21.1 Å². The molecule has 1 aliphatic heterocycles. The van der Waals surface area contributed by atoms with Crippen LogP contribution >= 0.6 is 23.4 Å². The van der Waals surface area contributed by atoms with Gasteiger partial charge in [-0.1, -0.05) is 17.7 Å². The fraction of sp³-hybridized carbons (Fsp3) is 0.200. The molecule has 0 aliphatic carbocycles. The number of methoxy groups -OCH3 is 2. The third-order valence-electron chi connectivity index (χ3n) is 4.22. The molecule has 2 aromatic rings. The van der Waals surface area contributed by atoms with Crippen molar-refractivity contribution in [3.8, 4) is 11.5 Å². The predicted octanol–water partition coefficient (Wildman–Crippen LogP) is 4.04. The van der Waals surface area contributed by atoms with Crippen LogP contribution in [0.3, 0.4) is 0 Å². The largest absolute Gasteiger partial charge is 0.493 e. The molecule has 1 amide bonds. The molecule has 0 unspecified atom stereocenters. The van der Waals surface area contributed by atoms with Crippen LogP contribution in [0.4, 0.5) is 0 Å². The van der Waals surface area contributed by atoms with Crippen LogP contribution in [0.25, 0.3) is 6.08 Å². The van der Waals surface area contributed by atoms with Crippen molar-refractivity contribution in [3.63, 3.8) is 0 Å². The molecule has 10 heteroatoms. The second kappa shape index (κ2) is 9.11. The smallest absolute Gasteiger partial charge is 0.284 e. The minimum absolute atomic E-state index is 0.000761. The molecule has 1 aliphatic rings. The predicted molar refractivity (Wildman–Crippen MR) is 119 cm³/mol. The maximum absolute atomic E-state index is 12.8. The van der Waals surface area contributed by atoms with E-state index < -0.39 is 10.0 Å². The van der Waals surface area contributed by atoms with E-state index in [1.165, 1.54) is 43.4 Å².